The molecule has 1 atom stereocenters. The van der Waals surface area contributed by atoms with Crippen LogP contribution in [0.3, 0.4) is 0 Å². The van der Waals surface area contributed by atoms with E-state index in [0.717, 1.165) is 24.9 Å². The van der Waals surface area contributed by atoms with Gasteiger partial charge in [-0.1, -0.05) is 18.2 Å². The van der Waals surface area contributed by atoms with Gasteiger partial charge < -0.3 is 14.4 Å². The maximum Gasteiger partial charge on any atom is 0.235 e. The van der Waals surface area contributed by atoms with Crippen LogP contribution < -0.4 is 4.90 Å². The molecule has 102 valence electrons. The first kappa shape index (κ1) is 12.7. The van der Waals surface area contributed by atoms with E-state index < -0.39 is 0 Å². The Hall–Kier alpha value is -2.32. The van der Waals surface area contributed by atoms with Crippen LogP contribution in [-0.4, -0.2) is 29.3 Å². The SMILES string of the molecule is N#Cc1nc(-c2ccccc2)oc1N1CCC[C@H]1CO. The summed E-state index contributed by atoms with van der Waals surface area (Å²) in [7, 11) is 0. The van der Waals surface area contributed by atoms with Crippen molar-refractivity contribution in [1.29, 1.82) is 5.26 Å². The number of nitriles is 1. The number of aliphatic hydroxyl groups excluding tert-OH is 1. The number of anilines is 1. The number of oxazole rings is 1. The Labute approximate surface area is 117 Å². The lowest BCUT2D eigenvalue weighted by Crippen LogP contribution is -2.32. The van der Waals surface area contributed by atoms with Gasteiger partial charge in [-0.25, -0.2) is 0 Å². The lowest BCUT2D eigenvalue weighted by molar-refractivity contribution is 0.263. The van der Waals surface area contributed by atoms with Crippen molar-refractivity contribution in [2.24, 2.45) is 0 Å². The van der Waals surface area contributed by atoms with E-state index in [9.17, 15) is 10.4 Å². The standard InChI is InChI=1S/C15H15N3O2/c16-9-13-15(18-8-4-7-12(18)10-19)20-14(17-13)11-5-2-1-3-6-11/h1-3,5-6,12,19H,4,7-8,10H2/t12-/m0/s1. The number of aliphatic hydroxyl groups is 1. The number of rotatable bonds is 3. The Morgan fingerprint density at radius 2 is 2.20 bits per heavy atom. The highest BCUT2D eigenvalue weighted by molar-refractivity contribution is 5.59. The molecule has 1 N–H and O–H groups in total. The summed E-state index contributed by atoms with van der Waals surface area (Å²) >= 11 is 0. The summed E-state index contributed by atoms with van der Waals surface area (Å²) in [6.07, 6.45) is 1.89. The number of nitrogens with zero attached hydrogens (tertiary/aromatic N) is 3. The summed E-state index contributed by atoms with van der Waals surface area (Å²) in [5.74, 6) is 0.920. The summed E-state index contributed by atoms with van der Waals surface area (Å²) in [5, 5.41) is 18.6. The van der Waals surface area contributed by atoms with Gasteiger partial charge in [-0.05, 0) is 25.0 Å². The van der Waals surface area contributed by atoms with Crippen LogP contribution in [-0.2, 0) is 0 Å². The predicted octanol–water partition coefficient (Wildman–Crippen LogP) is 2.17. The molecule has 1 aromatic heterocycles. The van der Waals surface area contributed by atoms with Crippen molar-refractivity contribution in [3.05, 3.63) is 36.0 Å². The van der Waals surface area contributed by atoms with Crippen LogP contribution in [0.15, 0.2) is 34.7 Å². The molecule has 1 fully saturated rings. The Bertz CT molecular complexity index is 630. The van der Waals surface area contributed by atoms with Crippen LogP contribution in [0.2, 0.25) is 0 Å². The average molecular weight is 269 g/mol. The smallest absolute Gasteiger partial charge is 0.235 e. The van der Waals surface area contributed by atoms with Crippen LogP contribution in [0.4, 0.5) is 5.88 Å². The molecule has 0 aliphatic carbocycles. The van der Waals surface area contributed by atoms with E-state index in [-0.39, 0.29) is 18.3 Å². The zero-order valence-corrected chi connectivity index (χ0v) is 11.0. The van der Waals surface area contributed by atoms with Crippen molar-refractivity contribution in [1.82, 2.24) is 4.98 Å². The third-order valence-electron chi connectivity index (χ3n) is 3.58. The molecule has 2 heterocycles. The molecule has 3 rings (SSSR count). The average Bonchev–Trinajstić information content (AvgIpc) is 3.13. The lowest BCUT2D eigenvalue weighted by atomic mass is 10.2. The summed E-state index contributed by atoms with van der Waals surface area (Å²) in [4.78, 5) is 6.20. The van der Waals surface area contributed by atoms with Gasteiger partial charge in [0.1, 0.15) is 6.07 Å². The van der Waals surface area contributed by atoms with E-state index in [2.05, 4.69) is 11.1 Å². The molecule has 0 unspecified atom stereocenters. The largest absolute Gasteiger partial charge is 0.419 e. The van der Waals surface area contributed by atoms with E-state index >= 15 is 0 Å². The van der Waals surface area contributed by atoms with Gasteiger partial charge in [-0.15, -0.1) is 0 Å². The van der Waals surface area contributed by atoms with Gasteiger partial charge in [0.05, 0.1) is 12.6 Å². The Morgan fingerprint density at radius 1 is 1.40 bits per heavy atom. The molecule has 0 radical (unpaired) electrons. The minimum absolute atomic E-state index is 0.0127. The van der Waals surface area contributed by atoms with Gasteiger partial charge in [0.2, 0.25) is 17.5 Å². The zero-order valence-electron chi connectivity index (χ0n) is 11.0. The molecule has 0 bridgehead atoms. The van der Waals surface area contributed by atoms with Crippen LogP contribution >= 0.6 is 0 Å². The van der Waals surface area contributed by atoms with Gasteiger partial charge in [-0.3, -0.25) is 0 Å². The first-order valence-electron chi connectivity index (χ1n) is 6.67. The molecule has 0 amide bonds. The maximum absolute atomic E-state index is 9.40. The minimum atomic E-state index is 0.0127. The zero-order chi connectivity index (χ0) is 13.9. The van der Waals surface area contributed by atoms with Gasteiger partial charge >= 0.3 is 0 Å². The van der Waals surface area contributed by atoms with E-state index in [0.29, 0.717) is 11.8 Å². The van der Waals surface area contributed by atoms with Crippen molar-refractivity contribution in [2.45, 2.75) is 18.9 Å². The van der Waals surface area contributed by atoms with Gasteiger partial charge in [0.25, 0.3) is 0 Å². The van der Waals surface area contributed by atoms with Crippen molar-refractivity contribution in [2.75, 3.05) is 18.1 Å². The molecule has 1 saturated heterocycles. The van der Waals surface area contributed by atoms with Gasteiger partial charge in [-0.2, -0.15) is 10.2 Å². The predicted molar refractivity (Wildman–Crippen MR) is 74.1 cm³/mol. The maximum atomic E-state index is 9.40. The van der Waals surface area contributed by atoms with Crippen LogP contribution in [0.1, 0.15) is 18.5 Å². The number of hydrogen-bond donors (Lipinski definition) is 1. The third kappa shape index (κ3) is 2.15. The van der Waals surface area contributed by atoms with Gasteiger partial charge in [0.15, 0.2) is 0 Å². The molecular weight excluding hydrogens is 254 g/mol. The topological polar surface area (TPSA) is 73.3 Å². The fourth-order valence-corrected chi connectivity index (χ4v) is 2.58. The molecule has 5 heteroatoms. The highest BCUT2D eigenvalue weighted by Crippen LogP contribution is 2.32. The van der Waals surface area contributed by atoms with Crippen LogP contribution in [0, 0.1) is 11.3 Å². The molecule has 1 aliphatic heterocycles. The Morgan fingerprint density at radius 3 is 2.90 bits per heavy atom. The summed E-state index contributed by atoms with van der Waals surface area (Å²) in [6.45, 7) is 0.843. The molecule has 1 aliphatic rings. The van der Waals surface area contributed by atoms with E-state index in [1.807, 2.05) is 35.2 Å². The Kier molecular flexibility index (Phi) is 3.40. The second kappa shape index (κ2) is 5.35. The Balaban J connectivity index is 2.00. The molecule has 1 aromatic carbocycles. The fourth-order valence-electron chi connectivity index (χ4n) is 2.58. The number of benzene rings is 1. The third-order valence-corrected chi connectivity index (χ3v) is 3.58. The monoisotopic (exact) mass is 269 g/mol. The molecule has 0 saturated carbocycles. The summed E-state index contributed by atoms with van der Waals surface area (Å²) in [5.41, 5.74) is 1.12. The minimum Gasteiger partial charge on any atom is -0.419 e. The molecule has 20 heavy (non-hydrogen) atoms. The van der Waals surface area contributed by atoms with Gasteiger partial charge in [0, 0.05) is 12.1 Å². The lowest BCUT2D eigenvalue weighted by Gasteiger charge is -2.21. The van der Waals surface area contributed by atoms with Crippen molar-refractivity contribution in [3.8, 4) is 17.5 Å². The number of hydrogen-bond acceptors (Lipinski definition) is 5. The number of aromatic nitrogens is 1. The first-order chi connectivity index (χ1) is 9.83. The normalized spacial score (nSPS) is 18.2. The van der Waals surface area contributed by atoms with Crippen molar-refractivity contribution in [3.63, 3.8) is 0 Å². The molecule has 5 nitrogen and oxygen atoms in total. The highest BCUT2D eigenvalue weighted by atomic mass is 16.4. The van der Waals surface area contributed by atoms with Crippen LogP contribution in [0.25, 0.3) is 11.5 Å². The fraction of sp³-hybridized carbons (Fsp3) is 0.333. The van der Waals surface area contributed by atoms with Crippen molar-refractivity contribution >= 4 is 5.88 Å². The molecular formula is C15H15N3O2. The summed E-state index contributed by atoms with van der Waals surface area (Å²) < 4.78 is 5.79. The van der Waals surface area contributed by atoms with E-state index in [1.54, 1.807) is 0 Å². The highest BCUT2D eigenvalue weighted by Gasteiger charge is 2.30. The van der Waals surface area contributed by atoms with E-state index in [1.165, 1.54) is 0 Å². The van der Waals surface area contributed by atoms with E-state index in [4.69, 9.17) is 4.42 Å². The quantitative estimate of drug-likeness (QED) is 0.924. The second-order valence-corrected chi connectivity index (χ2v) is 4.82. The molecule has 0 spiro atoms. The van der Waals surface area contributed by atoms with Crippen LogP contribution in [0.5, 0.6) is 0 Å². The molecule has 2 aromatic rings. The first-order valence-corrected chi connectivity index (χ1v) is 6.67. The second-order valence-electron chi connectivity index (χ2n) is 4.82. The van der Waals surface area contributed by atoms with Crippen molar-refractivity contribution < 1.29 is 9.52 Å². The summed E-state index contributed by atoms with van der Waals surface area (Å²) in [6, 6.07) is 11.6.